The molecule has 5 aromatic rings. The van der Waals surface area contributed by atoms with Crippen LogP contribution in [0.2, 0.25) is 0 Å². The number of halogens is 2. The van der Waals surface area contributed by atoms with Gasteiger partial charge in [0.25, 0.3) is 11.8 Å². The van der Waals surface area contributed by atoms with E-state index in [1.54, 1.807) is 54.6 Å². The summed E-state index contributed by atoms with van der Waals surface area (Å²) in [7, 11) is 0. The summed E-state index contributed by atoms with van der Waals surface area (Å²) in [5, 5.41) is 11.1. The molecule has 3 saturated heterocycles. The molecule has 8 rings (SSSR count). The molecular weight excluding hydrogens is 793 g/mol. The van der Waals surface area contributed by atoms with E-state index in [0.29, 0.717) is 41.4 Å². The Labute approximate surface area is 358 Å². The van der Waals surface area contributed by atoms with Gasteiger partial charge >= 0.3 is 0 Å². The number of piperazine rings is 1. The Morgan fingerprint density at radius 1 is 0.742 bits per heavy atom. The zero-order chi connectivity index (χ0) is 43.0. The fraction of sp³-hybridized carbons (Fsp3) is 0.319. The molecule has 0 bridgehead atoms. The SMILES string of the molecule is O=C1CCC(c2ccc(N3CCN(CCCC4CCN(C(=O)c5ccc(Nc6ncc(F)c(Nc7ccc(NC(=O)c8ccccc8F)cc7)n6)cc5)CC4)CC3)cc2)C(=O)N1. The number of aromatic nitrogens is 2. The molecule has 0 aliphatic carbocycles. The minimum absolute atomic E-state index is 0.000755. The fourth-order valence-corrected chi connectivity index (χ4v) is 8.33. The first-order chi connectivity index (χ1) is 30.1. The molecule has 3 aliphatic rings. The largest absolute Gasteiger partial charge is 0.369 e. The highest BCUT2D eigenvalue weighted by Gasteiger charge is 2.28. The second kappa shape index (κ2) is 19.3. The topological polar surface area (TPSA) is 152 Å². The maximum Gasteiger partial charge on any atom is 0.258 e. The minimum Gasteiger partial charge on any atom is -0.369 e. The zero-order valence-electron chi connectivity index (χ0n) is 34.3. The summed E-state index contributed by atoms with van der Waals surface area (Å²) in [6.07, 6.45) is 6.26. The normalized spacial score (nSPS) is 17.4. The first-order valence-corrected chi connectivity index (χ1v) is 21.2. The lowest BCUT2D eigenvalue weighted by Gasteiger charge is -2.37. The Bertz CT molecular complexity index is 2380. The molecule has 4 aromatic carbocycles. The number of anilines is 6. The Morgan fingerprint density at radius 3 is 2.13 bits per heavy atom. The second-order valence-corrected chi connectivity index (χ2v) is 16.0. The van der Waals surface area contributed by atoms with Crippen LogP contribution >= 0.6 is 0 Å². The monoisotopic (exact) mass is 841 g/mol. The number of piperidine rings is 2. The van der Waals surface area contributed by atoms with Crippen molar-refractivity contribution in [3.63, 3.8) is 0 Å². The van der Waals surface area contributed by atoms with E-state index < -0.39 is 17.5 Å². The van der Waals surface area contributed by atoms with E-state index in [1.165, 1.54) is 18.2 Å². The average Bonchev–Trinajstić information content (AvgIpc) is 3.29. The van der Waals surface area contributed by atoms with Gasteiger partial charge in [0.15, 0.2) is 11.6 Å². The summed E-state index contributed by atoms with van der Waals surface area (Å²) >= 11 is 0. The third-order valence-corrected chi connectivity index (χ3v) is 11.9. The molecule has 1 unspecified atom stereocenters. The number of hydrogen-bond acceptors (Lipinski definition) is 10. The Balaban J connectivity index is 0.739. The molecule has 0 spiro atoms. The summed E-state index contributed by atoms with van der Waals surface area (Å²) in [5.41, 5.74) is 4.21. The van der Waals surface area contributed by atoms with Crippen LogP contribution in [-0.4, -0.2) is 89.2 Å². The van der Waals surface area contributed by atoms with Gasteiger partial charge in [-0.25, -0.2) is 13.8 Å². The molecule has 4 amide bonds. The Morgan fingerprint density at radius 2 is 1.42 bits per heavy atom. The van der Waals surface area contributed by atoms with Crippen LogP contribution < -0.4 is 26.2 Å². The van der Waals surface area contributed by atoms with Crippen LogP contribution in [0.5, 0.6) is 0 Å². The van der Waals surface area contributed by atoms with E-state index in [-0.39, 0.29) is 41.0 Å². The molecule has 320 valence electrons. The summed E-state index contributed by atoms with van der Waals surface area (Å²) in [4.78, 5) is 64.8. The number of imide groups is 1. The van der Waals surface area contributed by atoms with Crippen molar-refractivity contribution in [2.45, 2.75) is 44.4 Å². The number of benzene rings is 4. The van der Waals surface area contributed by atoms with Gasteiger partial charge in [-0.05, 0) is 123 Å². The molecule has 4 N–H and O–H groups in total. The summed E-state index contributed by atoms with van der Waals surface area (Å²) in [6.45, 7) is 6.45. The molecule has 3 fully saturated rings. The number of rotatable bonds is 13. The van der Waals surface area contributed by atoms with Crippen molar-refractivity contribution in [2.75, 3.05) is 66.7 Å². The van der Waals surface area contributed by atoms with Crippen LogP contribution in [0.3, 0.4) is 0 Å². The van der Waals surface area contributed by atoms with Crippen LogP contribution in [0.1, 0.15) is 70.7 Å². The molecule has 1 aromatic heterocycles. The number of carbonyl (C=O) groups is 4. The van der Waals surface area contributed by atoms with Gasteiger partial charge in [-0.2, -0.15) is 4.98 Å². The Hall–Kier alpha value is -6.74. The first kappa shape index (κ1) is 42.0. The third kappa shape index (κ3) is 10.4. The molecule has 0 saturated carbocycles. The number of nitrogens with zero attached hydrogens (tertiary/aromatic N) is 5. The van der Waals surface area contributed by atoms with Crippen molar-refractivity contribution in [1.82, 2.24) is 25.1 Å². The van der Waals surface area contributed by atoms with Crippen LogP contribution in [0.15, 0.2) is 103 Å². The number of likely N-dealkylation sites (tertiary alicyclic amines) is 1. The summed E-state index contributed by atoms with van der Waals surface area (Å²) in [6, 6.07) is 27.5. The predicted molar refractivity (Wildman–Crippen MR) is 234 cm³/mol. The molecule has 4 heterocycles. The standard InChI is InChI=1S/C47H49F2N9O4/c48-40-6-2-1-5-39(40)45(61)52-35-15-13-34(14-16-35)51-43-41(49)30-50-47(55-43)53-36-11-7-33(8-12-36)46(62)58-24-21-31(22-25-58)4-3-23-56-26-28-57(29-27-56)37-17-9-32(10-18-37)38-19-20-42(59)54-44(38)60/h1-2,5-18,30-31,38H,3-4,19-29H2,(H,52,61)(H,54,59,60)(H2,50,51,53,55). The number of nitrogens with one attached hydrogen (secondary N) is 4. The van der Waals surface area contributed by atoms with E-state index in [4.69, 9.17) is 0 Å². The summed E-state index contributed by atoms with van der Waals surface area (Å²) < 4.78 is 28.7. The third-order valence-electron chi connectivity index (χ3n) is 11.9. The molecular formula is C47H49F2N9O4. The molecule has 1 atom stereocenters. The van der Waals surface area contributed by atoms with Crippen molar-refractivity contribution in [1.29, 1.82) is 0 Å². The van der Waals surface area contributed by atoms with Gasteiger partial charge in [0, 0.05) is 74.0 Å². The summed E-state index contributed by atoms with van der Waals surface area (Å²) in [5.74, 6) is -1.84. The van der Waals surface area contributed by atoms with Gasteiger partial charge in [-0.1, -0.05) is 24.3 Å². The number of carbonyl (C=O) groups excluding carboxylic acids is 4. The minimum atomic E-state index is -0.665. The van der Waals surface area contributed by atoms with Gasteiger partial charge < -0.3 is 25.8 Å². The van der Waals surface area contributed by atoms with Gasteiger partial charge in [-0.15, -0.1) is 0 Å². The van der Waals surface area contributed by atoms with Crippen LogP contribution in [0.25, 0.3) is 0 Å². The first-order valence-electron chi connectivity index (χ1n) is 21.2. The van der Waals surface area contributed by atoms with E-state index in [9.17, 15) is 28.0 Å². The molecule has 13 nitrogen and oxygen atoms in total. The van der Waals surface area contributed by atoms with Crippen molar-refractivity contribution < 1.29 is 28.0 Å². The highest BCUT2D eigenvalue weighted by Crippen LogP contribution is 2.29. The van der Waals surface area contributed by atoms with Gasteiger partial charge in [-0.3, -0.25) is 29.4 Å². The van der Waals surface area contributed by atoms with Crippen LogP contribution in [0, 0.1) is 17.6 Å². The van der Waals surface area contributed by atoms with Crippen molar-refractivity contribution in [3.8, 4) is 0 Å². The molecule has 15 heteroatoms. The van der Waals surface area contributed by atoms with Gasteiger partial charge in [0.1, 0.15) is 5.82 Å². The quantitative estimate of drug-likeness (QED) is 0.0880. The van der Waals surface area contributed by atoms with E-state index in [1.807, 2.05) is 17.0 Å². The van der Waals surface area contributed by atoms with Crippen molar-refractivity contribution in [3.05, 3.63) is 132 Å². The lowest BCUT2D eigenvalue weighted by atomic mass is 9.90. The zero-order valence-corrected chi connectivity index (χ0v) is 34.3. The Kier molecular flexibility index (Phi) is 13.1. The number of hydrogen-bond donors (Lipinski definition) is 4. The van der Waals surface area contributed by atoms with Crippen molar-refractivity contribution in [2.24, 2.45) is 5.92 Å². The average molecular weight is 842 g/mol. The van der Waals surface area contributed by atoms with E-state index in [0.717, 1.165) is 88.9 Å². The molecule has 3 aliphatic heterocycles. The number of amides is 4. The van der Waals surface area contributed by atoms with Crippen LogP contribution in [0.4, 0.5) is 43.3 Å². The lowest BCUT2D eigenvalue weighted by molar-refractivity contribution is -0.134. The van der Waals surface area contributed by atoms with Crippen molar-refractivity contribution >= 4 is 58.1 Å². The van der Waals surface area contributed by atoms with E-state index >= 15 is 0 Å². The molecule has 0 radical (unpaired) electrons. The van der Waals surface area contributed by atoms with Crippen LogP contribution in [-0.2, 0) is 9.59 Å². The smallest absolute Gasteiger partial charge is 0.258 e. The van der Waals surface area contributed by atoms with E-state index in [2.05, 4.69) is 53.2 Å². The fourth-order valence-electron chi connectivity index (χ4n) is 8.33. The van der Waals surface area contributed by atoms with Gasteiger partial charge in [0.05, 0.1) is 17.7 Å². The second-order valence-electron chi connectivity index (χ2n) is 16.0. The molecule has 62 heavy (non-hydrogen) atoms. The maximum atomic E-state index is 14.7. The lowest BCUT2D eigenvalue weighted by Crippen LogP contribution is -2.46. The maximum absolute atomic E-state index is 14.7. The highest BCUT2D eigenvalue weighted by molar-refractivity contribution is 6.04. The highest BCUT2D eigenvalue weighted by atomic mass is 19.1. The predicted octanol–water partition coefficient (Wildman–Crippen LogP) is 7.47. The van der Waals surface area contributed by atoms with Gasteiger partial charge in [0.2, 0.25) is 17.8 Å².